The van der Waals surface area contributed by atoms with Crippen molar-refractivity contribution in [3.05, 3.63) is 11.9 Å². The molecule has 1 saturated heterocycles. The maximum absolute atomic E-state index is 15.1. The number of hydrogen-bond acceptors (Lipinski definition) is 3. The Morgan fingerprint density at radius 3 is 2.33 bits per heavy atom. The summed E-state index contributed by atoms with van der Waals surface area (Å²) < 4.78 is 67.5. The van der Waals surface area contributed by atoms with E-state index in [1.54, 1.807) is 0 Å². The Labute approximate surface area is 138 Å². The number of hydrogen-bond donors (Lipinski definition) is 1. The minimum Gasteiger partial charge on any atom is -0.351 e. The summed E-state index contributed by atoms with van der Waals surface area (Å²) in [6, 6.07) is -0.637. The van der Waals surface area contributed by atoms with Crippen LogP contribution >= 0.6 is 0 Å². The summed E-state index contributed by atoms with van der Waals surface area (Å²) in [5, 5.41) is 0.877. The van der Waals surface area contributed by atoms with Crippen molar-refractivity contribution in [3.63, 3.8) is 0 Å². The van der Waals surface area contributed by atoms with Crippen molar-refractivity contribution in [3.8, 4) is 0 Å². The van der Waals surface area contributed by atoms with Crippen LogP contribution < -0.4 is 5.73 Å². The molecule has 1 aromatic rings. The van der Waals surface area contributed by atoms with Crippen molar-refractivity contribution in [2.45, 2.75) is 35.8 Å². The van der Waals surface area contributed by atoms with Crippen LogP contribution in [0.3, 0.4) is 0 Å². The zero-order valence-electron chi connectivity index (χ0n) is 13.1. The van der Waals surface area contributed by atoms with Crippen LogP contribution in [0.2, 0.25) is 0 Å². The molecule has 2 unspecified atom stereocenters. The first-order valence-corrected chi connectivity index (χ1v) is 8.35. The van der Waals surface area contributed by atoms with Crippen LogP contribution in [0, 0.1) is 5.92 Å². The molecular formula is C13H18F4N4O2S. The number of nitrogens with zero attached hydrogens (tertiary/aromatic N) is 3. The van der Waals surface area contributed by atoms with Crippen molar-refractivity contribution < 1.29 is 26.6 Å². The van der Waals surface area contributed by atoms with E-state index in [9.17, 15) is 22.2 Å². The second-order valence-electron chi connectivity index (χ2n) is 5.87. The summed E-state index contributed by atoms with van der Waals surface area (Å²) in [6.45, 7) is 1.38. The fourth-order valence-corrected chi connectivity index (χ4v) is 4.33. The predicted molar refractivity (Wildman–Crippen MR) is 78.0 cm³/mol. The molecule has 1 aromatic heterocycles. The number of rotatable bonds is 3. The Bertz CT molecular complexity index is 651. The maximum Gasteiger partial charge on any atom is 0.436 e. The summed E-state index contributed by atoms with van der Waals surface area (Å²) in [5.41, 5.74) is 3.79. The van der Waals surface area contributed by atoms with E-state index in [1.807, 2.05) is 0 Å². The standard InChI is InChI=1S/C13H18F4N4O2S/c1-12(14,8-3-5-21(6-4-8)11(18)22)24(23)9-7-20(2)19-10(9)13(15,16)17/h7-8H,3-6H2,1-2H3,(H2,18,22). The minimum absolute atomic E-state index is 0.170. The molecule has 1 aliphatic rings. The number of amides is 2. The lowest BCUT2D eigenvalue weighted by molar-refractivity contribution is -0.143. The smallest absolute Gasteiger partial charge is 0.351 e. The highest BCUT2D eigenvalue weighted by Crippen LogP contribution is 2.40. The molecule has 6 nitrogen and oxygen atoms in total. The van der Waals surface area contributed by atoms with Crippen molar-refractivity contribution in [1.82, 2.24) is 14.7 Å². The molecule has 0 saturated carbocycles. The summed E-state index contributed by atoms with van der Waals surface area (Å²) in [5.74, 6) is -0.754. The first-order chi connectivity index (χ1) is 10.9. The fraction of sp³-hybridized carbons (Fsp3) is 0.692. The molecule has 1 aliphatic heterocycles. The van der Waals surface area contributed by atoms with E-state index in [0.29, 0.717) is 0 Å². The third kappa shape index (κ3) is 3.55. The van der Waals surface area contributed by atoms with Crippen LogP contribution in [0.5, 0.6) is 0 Å². The van der Waals surface area contributed by atoms with Gasteiger partial charge in [-0.15, -0.1) is 0 Å². The molecule has 136 valence electrons. The van der Waals surface area contributed by atoms with Crippen molar-refractivity contribution in [2.24, 2.45) is 18.7 Å². The normalized spacial score (nSPS) is 20.7. The van der Waals surface area contributed by atoms with Crippen LogP contribution in [0.15, 0.2) is 11.1 Å². The van der Waals surface area contributed by atoms with E-state index < -0.39 is 44.5 Å². The molecule has 0 bridgehead atoms. The number of halogens is 4. The average Bonchev–Trinajstić information content (AvgIpc) is 2.88. The number of primary amides is 1. The molecule has 2 N–H and O–H groups in total. The molecule has 0 spiro atoms. The number of aryl methyl sites for hydroxylation is 1. The van der Waals surface area contributed by atoms with E-state index >= 15 is 4.39 Å². The summed E-state index contributed by atoms with van der Waals surface area (Å²) >= 11 is 0. The van der Waals surface area contributed by atoms with Gasteiger partial charge in [-0.05, 0) is 19.8 Å². The van der Waals surface area contributed by atoms with Crippen LogP contribution in [0.1, 0.15) is 25.5 Å². The topological polar surface area (TPSA) is 81.2 Å². The van der Waals surface area contributed by atoms with Crippen LogP contribution in [-0.4, -0.2) is 43.0 Å². The number of piperidine rings is 1. The highest BCUT2D eigenvalue weighted by atomic mass is 32.2. The van der Waals surface area contributed by atoms with Gasteiger partial charge < -0.3 is 10.6 Å². The third-order valence-corrected chi connectivity index (χ3v) is 5.92. The first-order valence-electron chi connectivity index (χ1n) is 7.20. The maximum atomic E-state index is 15.1. The molecule has 2 atom stereocenters. The Morgan fingerprint density at radius 1 is 1.33 bits per heavy atom. The number of nitrogens with two attached hydrogens (primary N) is 1. The van der Waals surface area contributed by atoms with Gasteiger partial charge in [-0.1, -0.05) is 0 Å². The van der Waals surface area contributed by atoms with Gasteiger partial charge in [0.25, 0.3) is 0 Å². The van der Waals surface area contributed by atoms with Gasteiger partial charge in [0, 0.05) is 32.3 Å². The highest BCUT2D eigenvalue weighted by molar-refractivity contribution is 7.86. The second kappa shape index (κ2) is 6.34. The number of urea groups is 1. The van der Waals surface area contributed by atoms with Gasteiger partial charge in [0.2, 0.25) is 0 Å². The summed E-state index contributed by atoms with van der Waals surface area (Å²) in [7, 11) is -1.31. The molecule has 24 heavy (non-hydrogen) atoms. The van der Waals surface area contributed by atoms with Crippen LogP contribution in [0.4, 0.5) is 22.4 Å². The lowest BCUT2D eigenvalue weighted by atomic mass is 9.92. The SMILES string of the molecule is Cn1cc(S(=O)C(C)(F)C2CCN(C(N)=O)CC2)c(C(F)(F)F)n1. The Balaban J connectivity index is 2.24. The van der Waals surface area contributed by atoms with Gasteiger partial charge in [0.1, 0.15) is 0 Å². The monoisotopic (exact) mass is 370 g/mol. The van der Waals surface area contributed by atoms with Gasteiger partial charge in [0.15, 0.2) is 10.7 Å². The van der Waals surface area contributed by atoms with E-state index in [-0.39, 0.29) is 25.9 Å². The molecule has 0 radical (unpaired) electrons. The van der Waals surface area contributed by atoms with E-state index in [0.717, 1.165) is 17.8 Å². The number of aromatic nitrogens is 2. The van der Waals surface area contributed by atoms with Crippen LogP contribution in [0.25, 0.3) is 0 Å². The zero-order valence-corrected chi connectivity index (χ0v) is 14.0. The van der Waals surface area contributed by atoms with Gasteiger partial charge in [-0.3, -0.25) is 8.89 Å². The quantitative estimate of drug-likeness (QED) is 0.827. The zero-order chi connectivity index (χ0) is 18.3. The number of alkyl halides is 4. The molecule has 11 heteroatoms. The van der Waals surface area contributed by atoms with Crippen molar-refractivity contribution in [2.75, 3.05) is 13.1 Å². The molecule has 0 aromatic carbocycles. The van der Waals surface area contributed by atoms with Gasteiger partial charge in [-0.2, -0.15) is 18.3 Å². The third-order valence-electron chi connectivity index (χ3n) is 4.16. The van der Waals surface area contributed by atoms with Crippen LogP contribution in [-0.2, 0) is 24.0 Å². The van der Waals surface area contributed by atoms with Crippen molar-refractivity contribution >= 4 is 16.8 Å². The largest absolute Gasteiger partial charge is 0.436 e. The van der Waals surface area contributed by atoms with E-state index in [4.69, 9.17) is 5.73 Å². The fourth-order valence-electron chi connectivity index (χ4n) is 2.78. The number of carbonyl (C=O) groups is 1. The molecule has 2 rings (SSSR count). The van der Waals surface area contributed by atoms with E-state index in [2.05, 4.69) is 5.10 Å². The Kier molecular flexibility index (Phi) is 4.93. The second-order valence-corrected chi connectivity index (χ2v) is 7.64. The molecule has 2 heterocycles. The van der Waals surface area contributed by atoms with Gasteiger partial charge in [0.05, 0.1) is 15.7 Å². The van der Waals surface area contributed by atoms with Gasteiger partial charge >= 0.3 is 12.2 Å². The van der Waals surface area contributed by atoms with Gasteiger partial charge in [-0.25, -0.2) is 9.18 Å². The predicted octanol–water partition coefficient (Wildman–Crippen LogP) is 2.02. The minimum atomic E-state index is -4.82. The van der Waals surface area contributed by atoms with E-state index in [1.165, 1.54) is 11.9 Å². The molecule has 1 fully saturated rings. The average molecular weight is 370 g/mol. The first kappa shape index (κ1) is 18.7. The number of likely N-dealkylation sites (tertiary alicyclic amines) is 1. The Hall–Kier alpha value is -1.65. The molecule has 0 aliphatic carbocycles. The summed E-state index contributed by atoms with van der Waals surface area (Å²) in [6.07, 6.45) is -3.56. The number of carbonyl (C=O) groups excluding carboxylic acids is 1. The Morgan fingerprint density at radius 2 is 1.88 bits per heavy atom. The molecular weight excluding hydrogens is 352 g/mol. The van der Waals surface area contributed by atoms with Crippen molar-refractivity contribution in [1.29, 1.82) is 0 Å². The molecule has 2 amide bonds. The highest BCUT2D eigenvalue weighted by Gasteiger charge is 2.47. The summed E-state index contributed by atoms with van der Waals surface area (Å²) in [4.78, 5) is 11.7. The lowest BCUT2D eigenvalue weighted by Crippen LogP contribution is -2.47. The lowest BCUT2D eigenvalue weighted by Gasteiger charge is -2.36.